The first-order valence-corrected chi connectivity index (χ1v) is 18.6. The highest BCUT2D eigenvalue weighted by atomic mass is 32.2. The molecule has 0 radical (unpaired) electrons. The van der Waals surface area contributed by atoms with Crippen molar-refractivity contribution in [3.63, 3.8) is 0 Å². The lowest BCUT2D eigenvalue weighted by atomic mass is 9.85. The third-order valence-corrected chi connectivity index (χ3v) is 10.1. The molecule has 4 N–H and O–H groups in total. The molecule has 0 aromatic heterocycles. The number of benzene rings is 1. The van der Waals surface area contributed by atoms with E-state index in [9.17, 15) is 36.4 Å². The number of amides is 5. The molecular weight excluding hydrogens is 658 g/mol. The van der Waals surface area contributed by atoms with Gasteiger partial charge in [0.25, 0.3) is 0 Å². The summed E-state index contributed by atoms with van der Waals surface area (Å²) >= 11 is 0. The summed E-state index contributed by atoms with van der Waals surface area (Å²) in [4.78, 5) is 55.0. The number of halogens is 2. The summed E-state index contributed by atoms with van der Waals surface area (Å²) in [6.07, 6.45) is -0.598. The van der Waals surface area contributed by atoms with Crippen LogP contribution in [0.1, 0.15) is 78.9 Å². The van der Waals surface area contributed by atoms with Crippen LogP contribution in [0.15, 0.2) is 24.3 Å². The molecule has 2 rings (SSSR count). The van der Waals surface area contributed by atoms with Crippen molar-refractivity contribution in [2.75, 3.05) is 32.9 Å². The zero-order valence-electron chi connectivity index (χ0n) is 30.4. The number of nitrogens with one attached hydrogen (secondary N) is 4. The van der Waals surface area contributed by atoms with E-state index in [1.54, 1.807) is 20.8 Å². The van der Waals surface area contributed by atoms with Crippen LogP contribution in [0.4, 0.5) is 13.6 Å². The zero-order valence-corrected chi connectivity index (χ0v) is 31.2. The summed E-state index contributed by atoms with van der Waals surface area (Å²) in [6.45, 7) is 13.2. The molecule has 0 unspecified atom stereocenters. The maximum atomic E-state index is 14.0. The van der Waals surface area contributed by atoms with Crippen molar-refractivity contribution in [2.45, 2.75) is 111 Å². The quantitative estimate of drug-likeness (QED) is 0.219. The first kappa shape index (κ1) is 41.8. The number of rotatable bonds is 15. The lowest BCUT2D eigenvalue weighted by Crippen LogP contribution is -2.62. The van der Waals surface area contributed by atoms with E-state index in [2.05, 4.69) is 21.3 Å². The predicted molar refractivity (Wildman–Crippen MR) is 185 cm³/mol. The highest BCUT2D eigenvalue weighted by molar-refractivity contribution is 7.88. The zero-order chi connectivity index (χ0) is 37.3. The van der Waals surface area contributed by atoms with Gasteiger partial charge in [0.1, 0.15) is 18.1 Å². The van der Waals surface area contributed by atoms with Crippen molar-refractivity contribution < 1.29 is 36.4 Å². The molecule has 0 saturated carbocycles. The van der Waals surface area contributed by atoms with Crippen LogP contribution < -0.4 is 21.3 Å². The first-order chi connectivity index (χ1) is 22.5. The standard InChI is InChI=1S/C34H56F2N6O6S/c1-10-22-13-15-23(16-14-22)17-18-37-29(43)24(20-27(35)36)38-30(44)25-12-11-19-42(25)31(45)28(34(5,6)7)40-32(46)39-26(33(2,3)4)21-41(8)49(9,47)48/h13-16,24-28H,10-12,17-21H2,1-9H3,(H,37,43)(H,38,44)(H2,39,40,46)/t24-,25-,26+,28+/m0/s1. The molecule has 1 heterocycles. The number of urea groups is 1. The molecule has 0 aliphatic carbocycles. The number of carbonyl (C=O) groups excluding carboxylic acids is 4. The van der Waals surface area contributed by atoms with E-state index in [1.807, 2.05) is 52.0 Å². The van der Waals surface area contributed by atoms with Crippen LogP contribution in [0.3, 0.4) is 0 Å². The molecule has 4 atom stereocenters. The third kappa shape index (κ3) is 13.1. The second kappa shape index (κ2) is 17.6. The number of hydrogen-bond donors (Lipinski definition) is 4. The Morgan fingerprint density at radius 3 is 2.06 bits per heavy atom. The molecule has 5 amide bonds. The van der Waals surface area contributed by atoms with E-state index in [4.69, 9.17) is 0 Å². The smallest absolute Gasteiger partial charge is 0.315 e. The number of carbonyl (C=O) groups is 4. The Balaban J connectivity index is 2.15. The van der Waals surface area contributed by atoms with Gasteiger partial charge in [-0.1, -0.05) is 72.7 Å². The van der Waals surface area contributed by atoms with Crippen LogP contribution in [0.2, 0.25) is 0 Å². The van der Waals surface area contributed by atoms with Gasteiger partial charge in [0.15, 0.2) is 0 Å². The number of likely N-dealkylation sites (N-methyl/N-ethyl adjacent to an activating group) is 1. The van der Waals surface area contributed by atoms with Gasteiger partial charge in [-0.25, -0.2) is 26.3 Å². The average Bonchev–Trinajstić information content (AvgIpc) is 3.48. The lowest BCUT2D eigenvalue weighted by molar-refractivity contribution is -0.142. The molecule has 1 aliphatic heterocycles. The van der Waals surface area contributed by atoms with Crippen LogP contribution in [0.25, 0.3) is 0 Å². The van der Waals surface area contributed by atoms with Gasteiger partial charge in [0, 0.05) is 39.1 Å². The van der Waals surface area contributed by atoms with Crippen LogP contribution in [0, 0.1) is 10.8 Å². The normalized spacial score (nSPS) is 17.4. The summed E-state index contributed by atoms with van der Waals surface area (Å²) in [6, 6.07) is 2.92. The summed E-state index contributed by atoms with van der Waals surface area (Å²) in [5.74, 6) is -2.00. The third-order valence-electron chi connectivity index (χ3n) is 8.77. The maximum absolute atomic E-state index is 14.0. The van der Waals surface area contributed by atoms with Crippen molar-refractivity contribution in [3.8, 4) is 0 Å². The molecule has 49 heavy (non-hydrogen) atoms. The molecule has 0 bridgehead atoms. The van der Waals surface area contributed by atoms with Crippen LogP contribution in [-0.4, -0.2) is 105 Å². The van der Waals surface area contributed by atoms with Crippen LogP contribution >= 0.6 is 0 Å². The second-order valence-corrected chi connectivity index (χ2v) is 17.1. The monoisotopic (exact) mass is 714 g/mol. The van der Waals surface area contributed by atoms with Crippen LogP contribution in [0.5, 0.6) is 0 Å². The van der Waals surface area contributed by atoms with Gasteiger partial charge in [0.2, 0.25) is 34.2 Å². The van der Waals surface area contributed by atoms with Crippen LogP contribution in [-0.2, 0) is 37.2 Å². The fourth-order valence-electron chi connectivity index (χ4n) is 5.45. The predicted octanol–water partition coefficient (Wildman–Crippen LogP) is 3.06. The highest BCUT2D eigenvalue weighted by Gasteiger charge is 2.43. The molecule has 1 saturated heterocycles. The highest BCUT2D eigenvalue weighted by Crippen LogP contribution is 2.27. The van der Waals surface area contributed by atoms with Crippen molar-refractivity contribution in [2.24, 2.45) is 10.8 Å². The van der Waals surface area contributed by atoms with Crippen molar-refractivity contribution in [3.05, 3.63) is 35.4 Å². The van der Waals surface area contributed by atoms with Crippen molar-refractivity contribution in [1.82, 2.24) is 30.5 Å². The Bertz CT molecular complexity index is 1390. The van der Waals surface area contributed by atoms with Gasteiger partial charge in [-0.05, 0) is 47.6 Å². The van der Waals surface area contributed by atoms with E-state index < -0.39 is 81.6 Å². The number of nitrogens with zero attached hydrogens (tertiary/aromatic N) is 2. The van der Waals surface area contributed by atoms with E-state index in [0.717, 1.165) is 22.5 Å². The number of sulfonamides is 1. The van der Waals surface area contributed by atoms with Gasteiger partial charge in [-0.3, -0.25) is 14.4 Å². The molecule has 1 aliphatic rings. The Hall–Kier alpha value is -3.33. The molecule has 1 fully saturated rings. The maximum Gasteiger partial charge on any atom is 0.315 e. The minimum Gasteiger partial charge on any atom is -0.354 e. The number of alkyl halides is 2. The summed E-state index contributed by atoms with van der Waals surface area (Å²) in [5.41, 5.74) is 0.784. The molecule has 15 heteroatoms. The van der Waals surface area contributed by atoms with Gasteiger partial charge >= 0.3 is 6.03 Å². The lowest BCUT2D eigenvalue weighted by Gasteiger charge is -2.37. The minimum absolute atomic E-state index is 0.00231. The summed E-state index contributed by atoms with van der Waals surface area (Å²) in [7, 11) is -2.11. The van der Waals surface area contributed by atoms with E-state index >= 15 is 0 Å². The average molecular weight is 715 g/mol. The first-order valence-electron chi connectivity index (χ1n) is 16.8. The Morgan fingerprint density at radius 1 is 0.959 bits per heavy atom. The van der Waals surface area contributed by atoms with Gasteiger partial charge in [-0.2, -0.15) is 0 Å². The molecule has 0 spiro atoms. The van der Waals surface area contributed by atoms with Gasteiger partial charge < -0.3 is 26.2 Å². The molecule has 278 valence electrons. The Labute approximate surface area is 290 Å². The Kier molecular flexibility index (Phi) is 15.0. The van der Waals surface area contributed by atoms with Gasteiger partial charge in [0.05, 0.1) is 6.26 Å². The van der Waals surface area contributed by atoms with E-state index in [0.29, 0.717) is 12.8 Å². The second-order valence-electron chi connectivity index (χ2n) is 15.0. The fourth-order valence-corrected chi connectivity index (χ4v) is 5.87. The van der Waals surface area contributed by atoms with Crippen molar-refractivity contribution >= 4 is 33.8 Å². The summed E-state index contributed by atoms with van der Waals surface area (Å²) < 4.78 is 52.2. The molecule has 1 aromatic carbocycles. The molecule has 1 aromatic rings. The summed E-state index contributed by atoms with van der Waals surface area (Å²) in [5, 5.41) is 10.6. The number of likely N-dealkylation sites (tertiary alicyclic amines) is 1. The number of aryl methyl sites for hydroxylation is 1. The van der Waals surface area contributed by atoms with Gasteiger partial charge in [-0.15, -0.1) is 0 Å². The number of hydrogen-bond acceptors (Lipinski definition) is 6. The Morgan fingerprint density at radius 2 is 1.55 bits per heavy atom. The minimum atomic E-state index is -3.52. The SMILES string of the molecule is CCc1ccc(CCNC(=O)[C@H](CC(F)F)NC(=O)[C@@H]2CCCN2C(=O)[C@@H](NC(=O)N[C@H](CN(C)S(C)(=O)=O)C(C)(C)C)C(C)(C)C)cc1. The topological polar surface area (TPSA) is 157 Å². The molecular formula is C34H56F2N6O6S. The van der Waals surface area contributed by atoms with E-state index in [-0.39, 0.29) is 26.1 Å². The molecule has 12 nitrogen and oxygen atoms in total. The largest absolute Gasteiger partial charge is 0.354 e. The van der Waals surface area contributed by atoms with E-state index in [1.165, 1.54) is 17.5 Å². The van der Waals surface area contributed by atoms with Crippen molar-refractivity contribution in [1.29, 1.82) is 0 Å². The fraction of sp³-hybridized carbons (Fsp3) is 0.706.